The summed E-state index contributed by atoms with van der Waals surface area (Å²) in [6.07, 6.45) is 9.31. The molecule has 3 aromatic rings. The molecule has 0 amide bonds. The van der Waals surface area contributed by atoms with Gasteiger partial charge < -0.3 is 9.73 Å². The molecule has 0 saturated carbocycles. The smallest absolute Gasteiger partial charge is 0.225 e. The SMILES string of the molecule is c1cc(NC2CCN(Cc3ccncc3)CC2)cc(-c2ncco2)c1. The Morgan fingerprint density at radius 3 is 2.68 bits per heavy atom. The molecule has 1 saturated heterocycles. The lowest BCUT2D eigenvalue weighted by Crippen LogP contribution is -2.38. The molecule has 0 unspecified atom stereocenters. The second-order valence-electron chi connectivity index (χ2n) is 6.47. The van der Waals surface area contributed by atoms with Crippen LogP contribution in [0.4, 0.5) is 5.69 Å². The lowest BCUT2D eigenvalue weighted by atomic mass is 10.0. The van der Waals surface area contributed by atoms with Crippen molar-refractivity contribution in [3.63, 3.8) is 0 Å². The molecule has 0 spiro atoms. The average Bonchev–Trinajstić information content (AvgIpc) is 3.19. The molecule has 1 aliphatic rings. The van der Waals surface area contributed by atoms with E-state index in [0.717, 1.165) is 43.7 Å². The first-order valence-corrected chi connectivity index (χ1v) is 8.74. The first-order chi connectivity index (χ1) is 12.4. The number of benzene rings is 1. The molecule has 1 fully saturated rings. The molecule has 0 aliphatic carbocycles. The number of pyridine rings is 1. The molecule has 0 bridgehead atoms. The van der Waals surface area contributed by atoms with Gasteiger partial charge in [0.2, 0.25) is 5.89 Å². The van der Waals surface area contributed by atoms with E-state index in [2.05, 4.69) is 44.5 Å². The van der Waals surface area contributed by atoms with Gasteiger partial charge in [-0.2, -0.15) is 0 Å². The Hall–Kier alpha value is -2.66. The zero-order valence-corrected chi connectivity index (χ0v) is 14.1. The normalized spacial score (nSPS) is 16.0. The van der Waals surface area contributed by atoms with E-state index in [1.807, 2.05) is 24.5 Å². The van der Waals surface area contributed by atoms with Crippen molar-refractivity contribution in [3.05, 3.63) is 66.8 Å². The first-order valence-electron chi connectivity index (χ1n) is 8.74. The lowest BCUT2D eigenvalue weighted by Gasteiger charge is -2.33. The van der Waals surface area contributed by atoms with Crippen LogP contribution >= 0.6 is 0 Å². The summed E-state index contributed by atoms with van der Waals surface area (Å²) < 4.78 is 5.39. The van der Waals surface area contributed by atoms with E-state index >= 15 is 0 Å². The molecule has 1 N–H and O–H groups in total. The number of hydrogen-bond acceptors (Lipinski definition) is 5. The van der Waals surface area contributed by atoms with Gasteiger partial charge in [-0.25, -0.2) is 4.98 Å². The van der Waals surface area contributed by atoms with Crippen molar-refractivity contribution < 1.29 is 4.42 Å². The highest BCUT2D eigenvalue weighted by molar-refractivity contribution is 5.61. The van der Waals surface area contributed by atoms with E-state index in [0.29, 0.717) is 11.9 Å². The molecular weight excluding hydrogens is 312 g/mol. The van der Waals surface area contributed by atoms with E-state index in [4.69, 9.17) is 4.42 Å². The molecule has 4 rings (SSSR count). The molecule has 25 heavy (non-hydrogen) atoms. The Kier molecular flexibility index (Phi) is 4.74. The molecule has 3 heterocycles. The maximum atomic E-state index is 5.39. The Balaban J connectivity index is 1.32. The summed E-state index contributed by atoms with van der Waals surface area (Å²) in [5, 5.41) is 3.66. The van der Waals surface area contributed by atoms with Gasteiger partial charge in [0.1, 0.15) is 6.26 Å². The summed E-state index contributed by atoms with van der Waals surface area (Å²) in [4.78, 5) is 10.8. The number of nitrogens with one attached hydrogen (secondary N) is 1. The van der Waals surface area contributed by atoms with Crippen molar-refractivity contribution in [1.82, 2.24) is 14.9 Å². The zero-order valence-electron chi connectivity index (χ0n) is 14.1. The summed E-state index contributed by atoms with van der Waals surface area (Å²) in [6.45, 7) is 3.23. The minimum Gasteiger partial charge on any atom is -0.445 e. The fourth-order valence-corrected chi connectivity index (χ4v) is 3.33. The predicted octanol–water partition coefficient (Wildman–Crippen LogP) is 3.81. The van der Waals surface area contributed by atoms with Crippen molar-refractivity contribution in [3.8, 4) is 11.5 Å². The standard InChI is InChI=1S/C20H22N4O/c1-2-17(20-22-10-13-25-20)14-19(3-1)23-18-6-11-24(12-7-18)15-16-4-8-21-9-5-16/h1-5,8-10,13-14,18,23H,6-7,11-12,15H2. The third kappa shape index (κ3) is 4.06. The molecular formula is C20H22N4O. The summed E-state index contributed by atoms with van der Waals surface area (Å²) in [5.74, 6) is 0.663. The lowest BCUT2D eigenvalue weighted by molar-refractivity contribution is 0.211. The van der Waals surface area contributed by atoms with Gasteiger partial charge in [0, 0.05) is 49.3 Å². The number of hydrogen-bond donors (Lipinski definition) is 1. The molecule has 1 aromatic carbocycles. The second-order valence-corrected chi connectivity index (χ2v) is 6.47. The summed E-state index contributed by atoms with van der Waals surface area (Å²) in [6, 6.07) is 13.0. The van der Waals surface area contributed by atoms with Crippen molar-refractivity contribution in [2.45, 2.75) is 25.4 Å². The fraction of sp³-hybridized carbons (Fsp3) is 0.300. The van der Waals surface area contributed by atoms with E-state index in [1.54, 1.807) is 12.5 Å². The second kappa shape index (κ2) is 7.49. The van der Waals surface area contributed by atoms with E-state index in [-0.39, 0.29) is 0 Å². The van der Waals surface area contributed by atoms with Gasteiger partial charge in [-0.05, 0) is 48.7 Å². The van der Waals surface area contributed by atoms with Crippen LogP contribution < -0.4 is 5.32 Å². The Morgan fingerprint density at radius 2 is 1.92 bits per heavy atom. The van der Waals surface area contributed by atoms with Crippen LogP contribution in [0.2, 0.25) is 0 Å². The highest BCUT2D eigenvalue weighted by Gasteiger charge is 2.19. The maximum absolute atomic E-state index is 5.39. The van der Waals surface area contributed by atoms with Crippen LogP contribution in [0.25, 0.3) is 11.5 Å². The van der Waals surface area contributed by atoms with Gasteiger partial charge in [-0.3, -0.25) is 9.88 Å². The van der Waals surface area contributed by atoms with Crippen LogP contribution in [0.3, 0.4) is 0 Å². The molecule has 5 heteroatoms. The highest BCUT2D eigenvalue weighted by atomic mass is 16.3. The molecule has 5 nitrogen and oxygen atoms in total. The summed E-state index contributed by atoms with van der Waals surface area (Å²) >= 11 is 0. The van der Waals surface area contributed by atoms with Gasteiger partial charge in [0.15, 0.2) is 0 Å². The molecule has 0 radical (unpaired) electrons. The van der Waals surface area contributed by atoms with Gasteiger partial charge in [-0.1, -0.05) is 6.07 Å². The largest absolute Gasteiger partial charge is 0.445 e. The third-order valence-corrected chi connectivity index (χ3v) is 4.66. The Labute approximate surface area is 147 Å². The number of oxazole rings is 1. The number of aromatic nitrogens is 2. The van der Waals surface area contributed by atoms with Crippen LogP contribution in [-0.4, -0.2) is 34.0 Å². The third-order valence-electron chi connectivity index (χ3n) is 4.66. The molecule has 1 aliphatic heterocycles. The Bertz CT molecular complexity index is 780. The fourth-order valence-electron chi connectivity index (χ4n) is 3.33. The quantitative estimate of drug-likeness (QED) is 0.769. The Morgan fingerprint density at radius 1 is 1.08 bits per heavy atom. The van der Waals surface area contributed by atoms with Crippen LogP contribution in [-0.2, 0) is 6.54 Å². The van der Waals surface area contributed by atoms with E-state index < -0.39 is 0 Å². The van der Waals surface area contributed by atoms with Gasteiger partial charge in [0.05, 0.1) is 6.20 Å². The number of rotatable bonds is 5. The maximum Gasteiger partial charge on any atom is 0.225 e. The average molecular weight is 334 g/mol. The van der Waals surface area contributed by atoms with Crippen molar-refractivity contribution in [2.75, 3.05) is 18.4 Å². The van der Waals surface area contributed by atoms with Crippen molar-refractivity contribution in [1.29, 1.82) is 0 Å². The zero-order chi connectivity index (χ0) is 16.9. The van der Waals surface area contributed by atoms with E-state index in [9.17, 15) is 0 Å². The molecule has 128 valence electrons. The monoisotopic (exact) mass is 334 g/mol. The van der Waals surface area contributed by atoms with Crippen molar-refractivity contribution >= 4 is 5.69 Å². The van der Waals surface area contributed by atoms with Crippen LogP contribution in [0.1, 0.15) is 18.4 Å². The highest BCUT2D eigenvalue weighted by Crippen LogP contribution is 2.23. The number of anilines is 1. The van der Waals surface area contributed by atoms with Crippen LogP contribution in [0.15, 0.2) is 65.7 Å². The van der Waals surface area contributed by atoms with Gasteiger partial charge in [-0.15, -0.1) is 0 Å². The van der Waals surface area contributed by atoms with Crippen LogP contribution in [0.5, 0.6) is 0 Å². The summed E-state index contributed by atoms with van der Waals surface area (Å²) in [7, 11) is 0. The topological polar surface area (TPSA) is 54.2 Å². The summed E-state index contributed by atoms with van der Waals surface area (Å²) in [5.41, 5.74) is 3.47. The number of nitrogens with zero attached hydrogens (tertiary/aromatic N) is 3. The van der Waals surface area contributed by atoms with Crippen molar-refractivity contribution in [2.24, 2.45) is 0 Å². The predicted molar refractivity (Wildman–Crippen MR) is 98.1 cm³/mol. The van der Waals surface area contributed by atoms with E-state index in [1.165, 1.54) is 5.56 Å². The molecule has 2 aromatic heterocycles. The molecule has 0 atom stereocenters. The first kappa shape index (κ1) is 15.8. The minimum atomic E-state index is 0.508. The van der Waals surface area contributed by atoms with Gasteiger partial charge in [0.25, 0.3) is 0 Å². The van der Waals surface area contributed by atoms with Crippen LogP contribution in [0, 0.1) is 0 Å². The minimum absolute atomic E-state index is 0.508. The number of likely N-dealkylation sites (tertiary alicyclic amines) is 1. The number of piperidine rings is 1. The van der Waals surface area contributed by atoms with Gasteiger partial charge >= 0.3 is 0 Å².